The van der Waals surface area contributed by atoms with Crippen LogP contribution < -0.4 is 10.2 Å². The summed E-state index contributed by atoms with van der Waals surface area (Å²) >= 11 is 0. The van der Waals surface area contributed by atoms with Gasteiger partial charge in [-0.25, -0.2) is 0 Å². The number of nitrogens with zero attached hydrogens (tertiary/aromatic N) is 3. The minimum absolute atomic E-state index is 0.0727. The van der Waals surface area contributed by atoms with Gasteiger partial charge in [0.2, 0.25) is 5.91 Å². The molecule has 3 amide bonds. The van der Waals surface area contributed by atoms with Crippen molar-refractivity contribution in [3.8, 4) is 0 Å². The Kier molecular flexibility index (Phi) is 8.03. The van der Waals surface area contributed by atoms with E-state index in [2.05, 4.69) is 15.1 Å². The van der Waals surface area contributed by atoms with Gasteiger partial charge in [-0.2, -0.15) is 0 Å². The van der Waals surface area contributed by atoms with Crippen molar-refractivity contribution >= 4 is 35.7 Å². The van der Waals surface area contributed by atoms with E-state index in [9.17, 15) is 29.1 Å². The van der Waals surface area contributed by atoms with Crippen LogP contribution in [-0.4, -0.2) is 90.7 Å². The third kappa shape index (κ3) is 5.28. The summed E-state index contributed by atoms with van der Waals surface area (Å²) < 4.78 is 0. The Hall–Kier alpha value is -3.27. The number of hydrogen-bond acceptors (Lipinski definition) is 7. The number of likely N-dealkylation sites (N-methyl/N-ethyl adjacent to an activating group) is 1. The number of carboxylic acids is 1. The van der Waals surface area contributed by atoms with Crippen molar-refractivity contribution in [1.82, 2.24) is 15.1 Å². The highest BCUT2D eigenvalue weighted by molar-refractivity contribution is 6.23. The summed E-state index contributed by atoms with van der Waals surface area (Å²) in [5.41, 5.74) is 1.45. The summed E-state index contributed by atoms with van der Waals surface area (Å²) in [7, 11) is 1.44. The summed E-state index contributed by atoms with van der Waals surface area (Å²) in [4.78, 5) is 66.2. The first-order valence-electron chi connectivity index (χ1n) is 12.7. The first-order valence-corrected chi connectivity index (χ1v) is 12.7. The lowest BCUT2D eigenvalue weighted by Gasteiger charge is -2.38. The van der Waals surface area contributed by atoms with Crippen LogP contribution in [0.25, 0.3) is 0 Å². The molecule has 1 aromatic carbocycles. The number of imide groups is 1. The maximum atomic E-state index is 13.2. The molecule has 10 heteroatoms. The monoisotopic (exact) mass is 498 g/mol. The van der Waals surface area contributed by atoms with Crippen LogP contribution in [0.4, 0.5) is 5.69 Å². The molecule has 10 nitrogen and oxygen atoms in total. The summed E-state index contributed by atoms with van der Waals surface area (Å²) in [5.74, 6) is -1.85. The van der Waals surface area contributed by atoms with Crippen molar-refractivity contribution in [2.24, 2.45) is 11.8 Å². The highest BCUT2D eigenvalue weighted by Gasteiger charge is 2.42. The Morgan fingerprint density at radius 2 is 1.72 bits per heavy atom. The number of amides is 3. The third-order valence-corrected chi connectivity index (χ3v) is 7.75. The number of rotatable bonds is 9. The zero-order valence-electron chi connectivity index (χ0n) is 20.6. The predicted octanol–water partition coefficient (Wildman–Crippen LogP) is 1.39. The van der Waals surface area contributed by atoms with Crippen molar-refractivity contribution in [3.05, 3.63) is 29.3 Å². The number of fused-ring (bicyclic) bond motifs is 1. The number of piperidine rings is 2. The maximum absolute atomic E-state index is 13.2. The van der Waals surface area contributed by atoms with Gasteiger partial charge in [0.15, 0.2) is 0 Å². The van der Waals surface area contributed by atoms with Gasteiger partial charge in [-0.05, 0) is 69.3 Å². The van der Waals surface area contributed by atoms with E-state index in [-0.39, 0.29) is 24.3 Å². The number of anilines is 1. The number of carbonyl (C=O) groups is 5. The van der Waals surface area contributed by atoms with Crippen molar-refractivity contribution in [1.29, 1.82) is 0 Å². The van der Waals surface area contributed by atoms with Gasteiger partial charge in [0.1, 0.15) is 12.3 Å². The van der Waals surface area contributed by atoms with Crippen molar-refractivity contribution < 1.29 is 29.1 Å². The van der Waals surface area contributed by atoms with Gasteiger partial charge < -0.3 is 25.0 Å². The second-order valence-electron chi connectivity index (χ2n) is 9.93. The van der Waals surface area contributed by atoms with E-state index in [0.29, 0.717) is 30.6 Å². The Morgan fingerprint density at radius 1 is 1.06 bits per heavy atom. The molecule has 194 valence electrons. The summed E-state index contributed by atoms with van der Waals surface area (Å²) in [6.45, 7) is 4.31. The molecule has 0 saturated carbocycles. The van der Waals surface area contributed by atoms with Gasteiger partial charge in [-0.3, -0.25) is 24.1 Å². The average molecular weight is 499 g/mol. The van der Waals surface area contributed by atoms with Gasteiger partial charge in [0, 0.05) is 38.8 Å². The van der Waals surface area contributed by atoms with Gasteiger partial charge in [0.05, 0.1) is 17.0 Å². The minimum Gasteiger partial charge on any atom is -0.481 e. The lowest BCUT2D eigenvalue weighted by atomic mass is 9.92. The lowest BCUT2D eigenvalue weighted by molar-refractivity contribution is -0.143. The van der Waals surface area contributed by atoms with Crippen molar-refractivity contribution in [2.75, 3.05) is 44.7 Å². The molecule has 0 radical (unpaired) electrons. The molecule has 36 heavy (non-hydrogen) atoms. The summed E-state index contributed by atoms with van der Waals surface area (Å²) in [6, 6.07) is 4.23. The Morgan fingerprint density at radius 3 is 2.33 bits per heavy atom. The molecule has 2 fully saturated rings. The second-order valence-corrected chi connectivity index (χ2v) is 9.93. The van der Waals surface area contributed by atoms with E-state index in [1.807, 2.05) is 6.07 Å². The van der Waals surface area contributed by atoms with Crippen LogP contribution in [0.2, 0.25) is 0 Å². The molecule has 1 atom stereocenters. The molecular weight excluding hydrogens is 464 g/mol. The summed E-state index contributed by atoms with van der Waals surface area (Å²) in [5, 5.41) is 11.7. The van der Waals surface area contributed by atoms with Gasteiger partial charge in [-0.15, -0.1) is 0 Å². The molecule has 3 heterocycles. The molecule has 0 aliphatic carbocycles. The Bertz CT molecular complexity index is 1030. The number of carbonyl (C=O) groups excluding carboxylic acids is 4. The molecule has 0 bridgehead atoms. The zero-order chi connectivity index (χ0) is 25.8. The van der Waals surface area contributed by atoms with Crippen LogP contribution in [0, 0.1) is 11.8 Å². The minimum atomic E-state index is -1.02. The fraction of sp³-hybridized carbons (Fsp3) is 0.577. The lowest BCUT2D eigenvalue weighted by Crippen LogP contribution is -2.48. The van der Waals surface area contributed by atoms with Crippen LogP contribution in [0.3, 0.4) is 0 Å². The molecule has 0 spiro atoms. The smallest absolute Gasteiger partial charge is 0.306 e. The van der Waals surface area contributed by atoms with Crippen LogP contribution >= 0.6 is 0 Å². The predicted molar refractivity (Wildman–Crippen MR) is 132 cm³/mol. The number of carboxylic acid groups (broad SMARTS) is 1. The quantitative estimate of drug-likeness (QED) is 0.386. The van der Waals surface area contributed by atoms with Crippen molar-refractivity contribution in [2.45, 2.75) is 44.6 Å². The van der Waals surface area contributed by atoms with Crippen molar-refractivity contribution in [3.63, 3.8) is 0 Å². The van der Waals surface area contributed by atoms with E-state index in [1.54, 1.807) is 12.1 Å². The van der Waals surface area contributed by atoms with Crippen LogP contribution in [0.1, 0.15) is 59.2 Å². The molecule has 1 unspecified atom stereocenters. The van der Waals surface area contributed by atoms with Crippen LogP contribution in [-0.2, 0) is 14.4 Å². The highest BCUT2D eigenvalue weighted by atomic mass is 16.4. The molecular formula is C26H34N4O6. The average Bonchev–Trinajstić information content (AvgIpc) is 3.14. The maximum Gasteiger partial charge on any atom is 0.306 e. The first kappa shape index (κ1) is 25.8. The molecule has 1 aromatic rings. The van der Waals surface area contributed by atoms with Gasteiger partial charge in [-0.1, -0.05) is 0 Å². The normalized spacial score (nSPS) is 20.4. The van der Waals surface area contributed by atoms with E-state index in [0.717, 1.165) is 56.2 Å². The number of aldehydes is 1. The zero-order valence-corrected chi connectivity index (χ0v) is 20.6. The van der Waals surface area contributed by atoms with Gasteiger partial charge >= 0.3 is 5.97 Å². The topological polar surface area (TPSA) is 127 Å². The van der Waals surface area contributed by atoms with E-state index >= 15 is 0 Å². The number of benzene rings is 1. The molecule has 0 aromatic heterocycles. The Balaban J connectivity index is 1.37. The number of hydrogen-bond donors (Lipinski definition) is 2. The number of aliphatic carboxylic acids is 1. The van der Waals surface area contributed by atoms with E-state index in [4.69, 9.17) is 0 Å². The molecule has 4 rings (SSSR count). The number of nitrogens with one attached hydrogen (secondary N) is 1. The van der Waals surface area contributed by atoms with E-state index < -0.39 is 29.7 Å². The summed E-state index contributed by atoms with van der Waals surface area (Å²) in [6.07, 6.45) is 4.25. The number of likely N-dealkylation sites (tertiary alicyclic amines) is 1. The fourth-order valence-electron chi connectivity index (χ4n) is 5.60. The molecule has 2 N–H and O–H groups in total. The Labute approximate surface area is 210 Å². The van der Waals surface area contributed by atoms with Crippen LogP contribution in [0.5, 0.6) is 0 Å². The standard InChI is InChI=1S/C26H34N4O6/c1-27-23(32)22(3-2-14-31)30-24(33)20-5-4-19(15-21(20)25(30)34)29-12-6-17(7-13-29)16-28-10-8-18(9-11-28)26(35)36/h4-5,14-15,17-18,22H,2-3,6-13,16H2,1H3,(H,27,32)(H,35,36). The largest absolute Gasteiger partial charge is 0.481 e. The van der Waals surface area contributed by atoms with E-state index in [1.165, 1.54) is 7.05 Å². The third-order valence-electron chi connectivity index (χ3n) is 7.75. The van der Waals surface area contributed by atoms with Gasteiger partial charge in [0.25, 0.3) is 11.8 Å². The highest BCUT2D eigenvalue weighted by Crippen LogP contribution is 2.32. The second kappa shape index (κ2) is 11.2. The fourth-order valence-corrected chi connectivity index (χ4v) is 5.60. The molecule has 3 aliphatic heterocycles. The molecule has 2 saturated heterocycles. The SMILES string of the molecule is CNC(=O)C(CCC=O)N1C(=O)c2ccc(N3CCC(CN4CCC(C(=O)O)CC4)CC3)cc2C1=O. The van der Waals surface area contributed by atoms with Crippen LogP contribution in [0.15, 0.2) is 18.2 Å². The molecule has 3 aliphatic rings. The first-order chi connectivity index (χ1) is 17.3.